The first kappa shape index (κ1) is 27.4. The van der Waals surface area contributed by atoms with Gasteiger partial charge in [0.2, 0.25) is 17.7 Å². The van der Waals surface area contributed by atoms with E-state index < -0.39 is 17.9 Å². The molecule has 0 amide bonds. The molecule has 0 aliphatic carbocycles. The quantitative estimate of drug-likeness (QED) is 0.161. The van der Waals surface area contributed by atoms with Crippen LogP contribution in [0.3, 0.4) is 0 Å². The van der Waals surface area contributed by atoms with Crippen LogP contribution in [0.1, 0.15) is 33.4 Å². The third kappa shape index (κ3) is 5.91. The van der Waals surface area contributed by atoms with E-state index in [1.54, 1.807) is 36.4 Å². The van der Waals surface area contributed by atoms with E-state index in [9.17, 15) is 14.4 Å². The van der Waals surface area contributed by atoms with Crippen molar-refractivity contribution in [2.45, 2.75) is 0 Å². The van der Waals surface area contributed by atoms with Crippen molar-refractivity contribution in [2.24, 2.45) is 15.0 Å². The van der Waals surface area contributed by atoms with Crippen molar-refractivity contribution >= 4 is 53.8 Å². The van der Waals surface area contributed by atoms with E-state index in [0.717, 1.165) is 16.7 Å². The molecule has 7 rings (SSSR count). The first-order chi connectivity index (χ1) is 22.0. The zero-order chi connectivity index (χ0) is 30.8. The molecular weight excluding hydrogens is 570 g/mol. The molecule has 0 saturated carbocycles. The highest BCUT2D eigenvalue weighted by Gasteiger charge is 2.31. The zero-order valence-electron chi connectivity index (χ0n) is 23.4. The Labute approximate surface area is 256 Å². The molecule has 0 fully saturated rings. The van der Waals surface area contributed by atoms with Gasteiger partial charge in [0, 0.05) is 16.7 Å². The molecule has 4 aromatic rings. The maximum absolute atomic E-state index is 12.8. The highest BCUT2D eigenvalue weighted by Crippen LogP contribution is 2.27. The summed E-state index contributed by atoms with van der Waals surface area (Å²) < 4.78 is 16.6. The van der Waals surface area contributed by atoms with Crippen LogP contribution in [-0.2, 0) is 28.6 Å². The summed E-state index contributed by atoms with van der Waals surface area (Å²) in [5.74, 6) is -1.84. The number of benzene rings is 4. The summed E-state index contributed by atoms with van der Waals surface area (Å²) in [5, 5.41) is 0. The molecule has 45 heavy (non-hydrogen) atoms. The Bertz CT molecular complexity index is 1810. The number of carbonyl (C=O) groups excluding carboxylic acids is 3. The van der Waals surface area contributed by atoms with E-state index in [1.165, 1.54) is 0 Å². The molecule has 0 aromatic heterocycles. The van der Waals surface area contributed by atoms with Gasteiger partial charge in [-0.2, -0.15) is 0 Å². The molecule has 0 spiro atoms. The van der Waals surface area contributed by atoms with E-state index in [-0.39, 0.29) is 34.8 Å². The fourth-order valence-electron chi connectivity index (χ4n) is 4.72. The first-order valence-electron chi connectivity index (χ1n) is 13.9. The highest BCUT2D eigenvalue weighted by atomic mass is 16.6. The normalized spacial score (nSPS) is 18.5. The van der Waals surface area contributed by atoms with Crippen LogP contribution in [0.25, 0.3) is 18.2 Å². The average Bonchev–Trinajstić information content (AvgIpc) is 3.74. The Morgan fingerprint density at radius 3 is 0.933 bits per heavy atom. The number of aliphatic imine (C=N–C) groups is 3. The van der Waals surface area contributed by atoms with Gasteiger partial charge < -0.3 is 14.2 Å². The molecule has 9 heteroatoms. The molecule has 4 aromatic carbocycles. The molecule has 0 radical (unpaired) electrons. The molecular formula is C36H21N3O6. The van der Waals surface area contributed by atoms with Crippen LogP contribution in [0.15, 0.2) is 141 Å². The fraction of sp³-hybridized carbons (Fsp3) is 0. The number of nitrogens with zero attached hydrogens (tertiary/aromatic N) is 3. The second-order valence-electron chi connectivity index (χ2n) is 10.0. The maximum Gasteiger partial charge on any atom is 0.363 e. The lowest BCUT2D eigenvalue weighted by Gasteiger charge is -2.08. The number of esters is 3. The Morgan fingerprint density at radius 1 is 0.400 bits per heavy atom. The van der Waals surface area contributed by atoms with Crippen LogP contribution in [0.4, 0.5) is 0 Å². The van der Waals surface area contributed by atoms with Gasteiger partial charge in [0.25, 0.3) is 0 Å². The number of ether oxygens (including phenoxy) is 3. The first-order valence-corrected chi connectivity index (χ1v) is 13.9. The number of cyclic esters (lactones) is 3. The van der Waals surface area contributed by atoms with Crippen molar-refractivity contribution in [3.8, 4) is 0 Å². The molecule has 9 nitrogen and oxygen atoms in total. The van der Waals surface area contributed by atoms with Crippen LogP contribution >= 0.6 is 0 Å². The summed E-state index contributed by atoms with van der Waals surface area (Å²) in [6.07, 6.45) is 4.85. The van der Waals surface area contributed by atoms with Crippen molar-refractivity contribution in [3.05, 3.63) is 160 Å². The Morgan fingerprint density at radius 2 is 0.667 bits per heavy atom. The third-order valence-corrected chi connectivity index (χ3v) is 6.84. The standard InChI is InChI=1S/C36H21N3O6/c40-34-28(16-22-10-4-1-5-11-22)37-31(43-34)25-19-26(32-38-29(35(41)44-32)17-23-12-6-2-7-13-23)21-27(20-25)33-39-30(36(42)45-33)18-24-14-8-3-9-15-24/h1-21H. The van der Waals surface area contributed by atoms with Gasteiger partial charge in [-0.1, -0.05) is 91.0 Å². The van der Waals surface area contributed by atoms with Crippen molar-refractivity contribution in [1.29, 1.82) is 0 Å². The van der Waals surface area contributed by atoms with Gasteiger partial charge in [0.05, 0.1) is 0 Å². The van der Waals surface area contributed by atoms with E-state index in [2.05, 4.69) is 15.0 Å². The summed E-state index contributed by atoms with van der Waals surface area (Å²) >= 11 is 0. The fourth-order valence-corrected chi connectivity index (χ4v) is 4.72. The Balaban J connectivity index is 1.31. The van der Waals surface area contributed by atoms with Gasteiger partial charge in [0.15, 0.2) is 17.1 Å². The molecule has 3 heterocycles. The molecule has 0 N–H and O–H groups in total. The largest absolute Gasteiger partial charge is 0.402 e. The topological polar surface area (TPSA) is 116 Å². The number of hydrogen-bond acceptors (Lipinski definition) is 9. The molecule has 3 aliphatic rings. The van der Waals surface area contributed by atoms with Crippen molar-refractivity contribution in [3.63, 3.8) is 0 Å². The molecule has 0 bridgehead atoms. The monoisotopic (exact) mass is 591 g/mol. The number of carbonyl (C=O) groups is 3. The summed E-state index contributed by atoms with van der Waals surface area (Å²) in [6.45, 7) is 0. The average molecular weight is 592 g/mol. The Hall–Kier alpha value is -6.48. The molecule has 0 atom stereocenters. The van der Waals surface area contributed by atoms with E-state index in [1.807, 2.05) is 91.0 Å². The SMILES string of the molecule is O=C1OC(c2cc(C3=NC(=Cc4ccccc4)C(=O)O3)cc(C3=NC(=Cc4ccccc4)C(=O)O3)c2)=NC1=Cc1ccccc1. The summed E-state index contributed by atoms with van der Waals surface area (Å²) in [6, 6.07) is 32.6. The predicted octanol–water partition coefficient (Wildman–Crippen LogP) is 5.72. The van der Waals surface area contributed by atoms with Crippen LogP contribution in [0.5, 0.6) is 0 Å². The van der Waals surface area contributed by atoms with Crippen LogP contribution in [0, 0.1) is 0 Å². The third-order valence-electron chi connectivity index (χ3n) is 6.84. The summed E-state index contributed by atoms with van der Waals surface area (Å²) in [5.41, 5.74) is 3.72. The molecule has 3 aliphatic heterocycles. The van der Waals surface area contributed by atoms with E-state index in [4.69, 9.17) is 14.2 Å². The number of rotatable bonds is 6. The van der Waals surface area contributed by atoms with Gasteiger partial charge in [-0.25, -0.2) is 29.4 Å². The van der Waals surface area contributed by atoms with Gasteiger partial charge in [-0.15, -0.1) is 0 Å². The lowest BCUT2D eigenvalue weighted by Crippen LogP contribution is -2.13. The van der Waals surface area contributed by atoms with Gasteiger partial charge >= 0.3 is 17.9 Å². The lowest BCUT2D eigenvalue weighted by molar-refractivity contribution is -0.130. The number of hydrogen-bond donors (Lipinski definition) is 0. The maximum atomic E-state index is 12.8. The smallest absolute Gasteiger partial charge is 0.363 e. The predicted molar refractivity (Wildman–Crippen MR) is 168 cm³/mol. The zero-order valence-corrected chi connectivity index (χ0v) is 23.4. The van der Waals surface area contributed by atoms with Gasteiger partial charge in [0.1, 0.15) is 0 Å². The minimum atomic E-state index is -0.628. The second kappa shape index (κ2) is 11.7. The summed E-state index contributed by atoms with van der Waals surface area (Å²) in [4.78, 5) is 51.6. The minimum Gasteiger partial charge on any atom is -0.402 e. The van der Waals surface area contributed by atoms with E-state index in [0.29, 0.717) is 16.7 Å². The lowest BCUT2D eigenvalue weighted by atomic mass is 10.0. The van der Waals surface area contributed by atoms with Crippen molar-refractivity contribution < 1.29 is 28.6 Å². The van der Waals surface area contributed by atoms with Crippen molar-refractivity contribution in [2.75, 3.05) is 0 Å². The van der Waals surface area contributed by atoms with Crippen LogP contribution < -0.4 is 0 Å². The second-order valence-corrected chi connectivity index (χ2v) is 10.0. The molecule has 0 unspecified atom stereocenters. The Kier molecular flexibility index (Phi) is 7.09. The molecule has 0 saturated heterocycles. The highest BCUT2D eigenvalue weighted by molar-refractivity contribution is 6.18. The van der Waals surface area contributed by atoms with Crippen molar-refractivity contribution in [1.82, 2.24) is 0 Å². The van der Waals surface area contributed by atoms with Crippen LogP contribution in [-0.4, -0.2) is 35.6 Å². The van der Waals surface area contributed by atoms with Crippen LogP contribution in [0.2, 0.25) is 0 Å². The van der Waals surface area contributed by atoms with E-state index >= 15 is 0 Å². The summed E-state index contributed by atoms with van der Waals surface area (Å²) in [7, 11) is 0. The van der Waals surface area contributed by atoms with Gasteiger partial charge in [-0.05, 0) is 53.1 Å². The molecule has 216 valence electrons. The van der Waals surface area contributed by atoms with Gasteiger partial charge in [-0.3, -0.25) is 0 Å². The minimum absolute atomic E-state index is 0.0141.